The Morgan fingerprint density at radius 2 is 1.84 bits per heavy atom. The Labute approximate surface area is 188 Å². The van der Waals surface area contributed by atoms with Gasteiger partial charge in [0.25, 0.3) is 0 Å². The number of fused-ring (bicyclic) bond motifs is 1. The van der Waals surface area contributed by atoms with E-state index in [1.165, 1.54) is 0 Å². The number of hydrogen-bond acceptors (Lipinski definition) is 3. The third kappa shape index (κ3) is 5.27. The second kappa shape index (κ2) is 10.3. The Bertz CT molecular complexity index is 1020. The zero-order chi connectivity index (χ0) is 22.4. The molecule has 4 nitrogen and oxygen atoms in total. The van der Waals surface area contributed by atoms with Crippen molar-refractivity contribution in [1.82, 2.24) is 14.7 Å². The molecule has 1 saturated heterocycles. The lowest BCUT2D eigenvalue weighted by Gasteiger charge is -2.41. The van der Waals surface area contributed by atoms with Gasteiger partial charge in [-0.05, 0) is 69.7 Å². The number of hydrogen-bond donors (Lipinski definition) is 0. The van der Waals surface area contributed by atoms with Gasteiger partial charge >= 0.3 is 0 Å². The maximum Gasteiger partial charge on any atom is 0.123 e. The van der Waals surface area contributed by atoms with Gasteiger partial charge in [0.1, 0.15) is 5.82 Å². The number of terminal acetylenes is 1. The molecule has 0 N–H and O–H groups in total. The first-order valence-corrected chi connectivity index (χ1v) is 10.9. The van der Waals surface area contributed by atoms with E-state index in [0.717, 1.165) is 54.5 Å². The summed E-state index contributed by atoms with van der Waals surface area (Å²) < 4.78 is 21.7. The molecule has 0 amide bonds. The summed E-state index contributed by atoms with van der Waals surface area (Å²) in [5.41, 5.74) is 3.00. The minimum Gasteiger partial charge on any atom is -0.376 e. The quantitative estimate of drug-likeness (QED) is 0.487. The summed E-state index contributed by atoms with van der Waals surface area (Å²) in [4.78, 5) is 2.33. The van der Waals surface area contributed by atoms with Gasteiger partial charge in [0.05, 0.1) is 18.7 Å². The zero-order valence-electron chi connectivity index (χ0n) is 18.2. The fraction of sp³-hybridized carbons (Fsp3) is 0.400. The van der Waals surface area contributed by atoms with Crippen molar-refractivity contribution in [1.29, 1.82) is 0 Å². The summed E-state index contributed by atoms with van der Waals surface area (Å²) in [6.07, 6.45) is 12.0. The van der Waals surface area contributed by atoms with Gasteiger partial charge in [-0.25, -0.2) is 4.39 Å². The molecule has 2 heterocycles. The lowest BCUT2D eigenvalue weighted by molar-refractivity contribution is 0.0411. The van der Waals surface area contributed by atoms with Crippen LogP contribution >= 0.6 is 11.6 Å². The molecule has 1 aromatic heterocycles. The Morgan fingerprint density at radius 3 is 2.48 bits per heavy atom. The normalized spacial score (nSPS) is 16.1. The van der Waals surface area contributed by atoms with E-state index in [9.17, 15) is 4.39 Å². The van der Waals surface area contributed by atoms with Crippen LogP contribution in [0.2, 0.25) is 5.02 Å². The van der Waals surface area contributed by atoms with Crippen LogP contribution in [0.4, 0.5) is 4.39 Å². The highest BCUT2D eigenvalue weighted by Crippen LogP contribution is 2.36. The van der Waals surface area contributed by atoms with Crippen molar-refractivity contribution in [2.45, 2.75) is 38.3 Å². The van der Waals surface area contributed by atoms with Crippen molar-refractivity contribution in [2.24, 2.45) is 0 Å². The molecule has 0 atom stereocenters. The van der Waals surface area contributed by atoms with Gasteiger partial charge in [0.15, 0.2) is 0 Å². The topological polar surface area (TPSA) is 30.3 Å². The van der Waals surface area contributed by atoms with Crippen LogP contribution in [0.5, 0.6) is 0 Å². The predicted octanol–water partition coefficient (Wildman–Crippen LogP) is 5.28. The molecule has 0 aliphatic carbocycles. The molecule has 0 unspecified atom stereocenters. The molecule has 2 aromatic carbocycles. The highest BCUT2D eigenvalue weighted by molar-refractivity contribution is 6.31. The van der Waals surface area contributed by atoms with E-state index in [1.807, 2.05) is 35.1 Å². The van der Waals surface area contributed by atoms with Gasteiger partial charge in [-0.1, -0.05) is 23.7 Å². The monoisotopic (exact) mass is 441 g/mol. The van der Waals surface area contributed by atoms with E-state index in [2.05, 4.69) is 36.8 Å². The predicted molar refractivity (Wildman–Crippen MR) is 125 cm³/mol. The smallest absolute Gasteiger partial charge is 0.123 e. The minimum absolute atomic E-state index is 0.0965. The van der Waals surface area contributed by atoms with E-state index in [-0.39, 0.29) is 11.2 Å². The molecule has 6 heteroatoms. The molecule has 1 fully saturated rings. The number of aryl methyl sites for hydroxylation is 1. The summed E-state index contributed by atoms with van der Waals surface area (Å²) in [7, 11) is 2.14. The lowest BCUT2D eigenvalue weighted by atomic mass is 9.73. The molecular weight excluding hydrogens is 413 g/mol. The number of piperidine rings is 1. The molecule has 0 bridgehead atoms. The summed E-state index contributed by atoms with van der Waals surface area (Å²) in [5.74, 6) is -0.203. The zero-order valence-corrected chi connectivity index (χ0v) is 18.9. The summed E-state index contributed by atoms with van der Waals surface area (Å²) >= 11 is 6.32. The Hall–Kier alpha value is -2.39. The molecule has 0 radical (unpaired) electrons. The van der Waals surface area contributed by atoms with Crippen LogP contribution in [0.1, 0.15) is 30.9 Å². The van der Waals surface area contributed by atoms with Gasteiger partial charge in [-0.15, -0.1) is 12.8 Å². The number of halogens is 2. The van der Waals surface area contributed by atoms with Crippen molar-refractivity contribution in [3.63, 3.8) is 0 Å². The first-order chi connectivity index (χ1) is 15.0. The first-order valence-electron chi connectivity index (χ1n) is 10.5. The van der Waals surface area contributed by atoms with Crippen LogP contribution < -0.4 is 0 Å². The number of benzene rings is 2. The molecular formula is C25H29ClFN3O. The summed E-state index contributed by atoms with van der Waals surface area (Å²) in [6, 6.07) is 10.8. The van der Waals surface area contributed by atoms with Crippen molar-refractivity contribution in [2.75, 3.05) is 26.7 Å². The lowest BCUT2D eigenvalue weighted by Crippen LogP contribution is -2.43. The first kappa shape index (κ1) is 23.3. The van der Waals surface area contributed by atoms with Crippen LogP contribution in [0.25, 0.3) is 10.9 Å². The molecule has 1 aliphatic heterocycles. The van der Waals surface area contributed by atoms with Gasteiger partial charge in [0, 0.05) is 34.1 Å². The Morgan fingerprint density at radius 1 is 1.16 bits per heavy atom. The second-order valence-corrected chi connectivity index (χ2v) is 8.51. The van der Waals surface area contributed by atoms with Gasteiger partial charge in [-0.3, -0.25) is 4.68 Å². The van der Waals surface area contributed by atoms with Crippen LogP contribution in [0, 0.1) is 18.7 Å². The molecule has 31 heavy (non-hydrogen) atoms. The standard InChI is InChI=1S/C23H27ClFN3O.C2H2/c1-3-28-14-17-12-20(24)13-18(22(17)26-28)15-29-16-23(8-10-27(2)11-9-23)19-4-6-21(25)7-5-19;1-2/h4-7,12-14H,3,8-11,15-16H2,1-2H3;1-2H. The summed E-state index contributed by atoms with van der Waals surface area (Å²) in [5, 5.41) is 6.39. The summed E-state index contributed by atoms with van der Waals surface area (Å²) in [6.45, 7) is 5.93. The number of ether oxygens (including phenoxy) is 1. The fourth-order valence-corrected chi connectivity index (χ4v) is 4.46. The van der Waals surface area contributed by atoms with Gasteiger partial charge < -0.3 is 9.64 Å². The number of likely N-dealkylation sites (tertiary alicyclic amines) is 1. The van der Waals surface area contributed by atoms with Crippen LogP contribution in [-0.4, -0.2) is 41.4 Å². The maximum atomic E-state index is 13.5. The Balaban J connectivity index is 0.00000132. The fourth-order valence-electron chi connectivity index (χ4n) is 4.21. The van der Waals surface area contributed by atoms with Crippen molar-refractivity contribution in [3.8, 4) is 12.8 Å². The Kier molecular flexibility index (Phi) is 7.72. The largest absolute Gasteiger partial charge is 0.376 e. The number of rotatable bonds is 6. The number of nitrogens with zero attached hydrogens (tertiary/aromatic N) is 3. The highest BCUT2D eigenvalue weighted by Gasteiger charge is 2.35. The SMILES string of the molecule is C#C.CCn1cc2cc(Cl)cc(COCC3(c4ccc(F)cc4)CCN(C)CC3)c2n1. The van der Waals surface area contributed by atoms with E-state index in [1.54, 1.807) is 12.1 Å². The van der Waals surface area contributed by atoms with Crippen LogP contribution in [0.3, 0.4) is 0 Å². The van der Waals surface area contributed by atoms with Crippen molar-refractivity contribution >= 4 is 22.5 Å². The highest BCUT2D eigenvalue weighted by atomic mass is 35.5. The van der Waals surface area contributed by atoms with Gasteiger partial charge in [0.2, 0.25) is 0 Å². The average Bonchev–Trinajstić information content (AvgIpc) is 3.20. The van der Waals surface area contributed by atoms with Crippen molar-refractivity contribution in [3.05, 3.63) is 64.6 Å². The average molecular weight is 442 g/mol. The van der Waals surface area contributed by atoms with Crippen molar-refractivity contribution < 1.29 is 9.13 Å². The van der Waals surface area contributed by atoms with Crippen LogP contribution in [-0.2, 0) is 23.3 Å². The number of aromatic nitrogens is 2. The molecule has 3 aromatic rings. The second-order valence-electron chi connectivity index (χ2n) is 8.07. The molecule has 0 saturated carbocycles. The van der Waals surface area contributed by atoms with E-state index in [4.69, 9.17) is 16.3 Å². The molecule has 0 spiro atoms. The maximum absolute atomic E-state index is 13.5. The minimum atomic E-state index is -0.203. The van der Waals surface area contributed by atoms with Crippen LogP contribution in [0.15, 0.2) is 42.6 Å². The van der Waals surface area contributed by atoms with E-state index < -0.39 is 0 Å². The third-order valence-corrected chi connectivity index (χ3v) is 6.28. The molecule has 1 aliphatic rings. The molecule has 164 valence electrons. The van der Waals surface area contributed by atoms with E-state index >= 15 is 0 Å². The molecule has 4 rings (SSSR count). The van der Waals surface area contributed by atoms with Gasteiger partial charge in [-0.2, -0.15) is 5.10 Å². The van der Waals surface area contributed by atoms with E-state index in [0.29, 0.717) is 18.2 Å². The third-order valence-electron chi connectivity index (χ3n) is 6.06.